The van der Waals surface area contributed by atoms with Gasteiger partial charge in [0.25, 0.3) is 11.5 Å². The van der Waals surface area contributed by atoms with Gasteiger partial charge >= 0.3 is 0 Å². The lowest BCUT2D eigenvalue weighted by Crippen LogP contribution is -2.41. The molecule has 1 aliphatic heterocycles. The molecule has 2 N–H and O–H groups in total. The number of H-pyrrole nitrogens is 1. The number of aryl methyl sites for hydroxylation is 1. The number of carbonyl (C=O) groups is 1. The molecule has 1 aromatic heterocycles. The lowest BCUT2D eigenvalue weighted by molar-refractivity contribution is 0.0433. The van der Waals surface area contributed by atoms with Crippen molar-refractivity contribution in [1.29, 1.82) is 0 Å². The molecule has 6 nitrogen and oxygen atoms in total. The molecule has 1 amide bonds. The van der Waals surface area contributed by atoms with E-state index < -0.39 is 0 Å². The fourth-order valence-corrected chi connectivity index (χ4v) is 3.30. The standard InChI is InChI=1S/C19H23N3O3/c23-17(7-6-14-4-2-1-3-5-14)15-8-10-22(11-9-15)19(25)16-12-21-18(24)13-20-16/h1-5,12-13,15,17,23H,6-11H2,(H,21,24)/t17-/m0/s1. The third-order valence-electron chi connectivity index (χ3n) is 4.83. The highest BCUT2D eigenvalue weighted by molar-refractivity contribution is 5.92. The van der Waals surface area contributed by atoms with Crippen molar-refractivity contribution in [2.45, 2.75) is 31.8 Å². The molecule has 6 heteroatoms. The van der Waals surface area contributed by atoms with Gasteiger partial charge in [-0.1, -0.05) is 30.3 Å². The fourth-order valence-electron chi connectivity index (χ4n) is 3.30. The van der Waals surface area contributed by atoms with Crippen LogP contribution in [0.5, 0.6) is 0 Å². The predicted molar refractivity (Wildman–Crippen MR) is 94.3 cm³/mol. The number of carbonyl (C=O) groups excluding carboxylic acids is 1. The lowest BCUT2D eigenvalue weighted by Gasteiger charge is -2.34. The zero-order valence-electron chi connectivity index (χ0n) is 14.1. The van der Waals surface area contributed by atoms with Crippen molar-refractivity contribution in [3.05, 3.63) is 64.3 Å². The Balaban J connectivity index is 1.48. The number of likely N-dealkylation sites (tertiary alicyclic amines) is 1. The van der Waals surface area contributed by atoms with Crippen LogP contribution in [0.25, 0.3) is 0 Å². The van der Waals surface area contributed by atoms with Crippen LogP contribution in [0.1, 0.15) is 35.3 Å². The van der Waals surface area contributed by atoms with Crippen LogP contribution in [0.2, 0.25) is 0 Å². The minimum atomic E-state index is -0.344. The van der Waals surface area contributed by atoms with E-state index in [1.54, 1.807) is 4.90 Å². The number of piperidine rings is 1. The zero-order chi connectivity index (χ0) is 17.6. The second kappa shape index (κ2) is 8.07. The molecular formula is C19H23N3O3. The van der Waals surface area contributed by atoms with Gasteiger partial charge in [0.05, 0.1) is 12.3 Å². The van der Waals surface area contributed by atoms with E-state index in [1.165, 1.54) is 11.8 Å². The molecule has 1 aliphatic rings. The first-order valence-electron chi connectivity index (χ1n) is 8.69. The average Bonchev–Trinajstić information content (AvgIpc) is 2.67. The van der Waals surface area contributed by atoms with E-state index in [4.69, 9.17) is 0 Å². The zero-order valence-corrected chi connectivity index (χ0v) is 14.1. The molecule has 2 aromatic rings. The molecule has 25 heavy (non-hydrogen) atoms. The van der Waals surface area contributed by atoms with Crippen LogP contribution in [0.15, 0.2) is 47.5 Å². The number of hydrogen-bond acceptors (Lipinski definition) is 4. The van der Waals surface area contributed by atoms with Gasteiger partial charge < -0.3 is 15.0 Å². The average molecular weight is 341 g/mol. The van der Waals surface area contributed by atoms with E-state index in [-0.39, 0.29) is 29.2 Å². The first-order chi connectivity index (χ1) is 12.1. The van der Waals surface area contributed by atoms with Crippen LogP contribution in [0.3, 0.4) is 0 Å². The molecule has 3 rings (SSSR count). The molecule has 1 fully saturated rings. The van der Waals surface area contributed by atoms with E-state index in [9.17, 15) is 14.7 Å². The Hall–Kier alpha value is -2.47. The van der Waals surface area contributed by atoms with Crippen molar-refractivity contribution in [1.82, 2.24) is 14.9 Å². The number of benzene rings is 1. The predicted octanol–water partition coefficient (Wildman–Crippen LogP) is 1.62. The molecule has 0 saturated carbocycles. The number of aromatic nitrogens is 2. The summed E-state index contributed by atoms with van der Waals surface area (Å²) in [6.07, 6.45) is 5.30. The largest absolute Gasteiger partial charge is 0.393 e. The SMILES string of the molecule is O=C(c1c[nH]c(=O)cn1)N1CCC([C@@H](O)CCc2ccccc2)CC1. The van der Waals surface area contributed by atoms with Crippen LogP contribution in [-0.4, -0.2) is 45.1 Å². The Morgan fingerprint density at radius 3 is 2.64 bits per heavy atom. The molecule has 0 aliphatic carbocycles. The molecule has 1 atom stereocenters. The summed E-state index contributed by atoms with van der Waals surface area (Å²) in [6.45, 7) is 1.21. The summed E-state index contributed by atoms with van der Waals surface area (Å²) in [7, 11) is 0. The second-order valence-electron chi connectivity index (χ2n) is 6.52. The van der Waals surface area contributed by atoms with Gasteiger partial charge in [-0.05, 0) is 37.2 Å². The summed E-state index contributed by atoms with van der Waals surface area (Å²) < 4.78 is 0. The molecule has 132 valence electrons. The van der Waals surface area contributed by atoms with Crippen molar-refractivity contribution in [3.63, 3.8) is 0 Å². The highest BCUT2D eigenvalue weighted by Gasteiger charge is 2.28. The molecule has 1 saturated heterocycles. The van der Waals surface area contributed by atoms with E-state index >= 15 is 0 Å². The molecule has 1 aromatic carbocycles. The third kappa shape index (κ3) is 4.54. The number of nitrogens with zero attached hydrogens (tertiary/aromatic N) is 2. The minimum Gasteiger partial charge on any atom is -0.393 e. The summed E-state index contributed by atoms with van der Waals surface area (Å²) in [5.74, 6) is 0.0461. The van der Waals surface area contributed by atoms with Gasteiger partial charge in [-0.3, -0.25) is 9.59 Å². The molecule has 0 bridgehead atoms. The van der Waals surface area contributed by atoms with Crippen LogP contribution in [-0.2, 0) is 6.42 Å². The van der Waals surface area contributed by atoms with E-state index in [2.05, 4.69) is 22.1 Å². The van der Waals surface area contributed by atoms with Crippen molar-refractivity contribution in [2.24, 2.45) is 5.92 Å². The molecule has 0 radical (unpaired) electrons. The molecule has 0 spiro atoms. The Kier molecular flexibility index (Phi) is 5.60. The smallest absolute Gasteiger partial charge is 0.273 e. The number of rotatable bonds is 5. The maximum absolute atomic E-state index is 12.4. The second-order valence-corrected chi connectivity index (χ2v) is 6.52. The van der Waals surface area contributed by atoms with Crippen LogP contribution in [0, 0.1) is 5.92 Å². The van der Waals surface area contributed by atoms with Crippen molar-refractivity contribution in [3.8, 4) is 0 Å². The summed E-state index contributed by atoms with van der Waals surface area (Å²) in [5, 5.41) is 10.5. The van der Waals surface area contributed by atoms with Crippen molar-refractivity contribution in [2.75, 3.05) is 13.1 Å². The number of hydrogen-bond donors (Lipinski definition) is 2. The van der Waals surface area contributed by atoms with Gasteiger partial charge in [-0.2, -0.15) is 0 Å². The summed E-state index contributed by atoms with van der Waals surface area (Å²) in [6, 6.07) is 10.2. The topological polar surface area (TPSA) is 86.3 Å². The maximum Gasteiger partial charge on any atom is 0.273 e. The van der Waals surface area contributed by atoms with Gasteiger partial charge in [0.2, 0.25) is 0 Å². The third-order valence-corrected chi connectivity index (χ3v) is 4.83. The molecule has 0 unspecified atom stereocenters. The first kappa shape index (κ1) is 17.4. The van der Waals surface area contributed by atoms with Gasteiger partial charge in [-0.25, -0.2) is 4.98 Å². The number of aliphatic hydroxyl groups is 1. The molecule has 2 heterocycles. The molecular weight excluding hydrogens is 318 g/mol. The van der Waals surface area contributed by atoms with Gasteiger partial charge in [0, 0.05) is 19.3 Å². The number of aliphatic hydroxyl groups excluding tert-OH is 1. The number of aromatic amines is 1. The number of nitrogens with one attached hydrogen (secondary N) is 1. The van der Waals surface area contributed by atoms with E-state index in [0.29, 0.717) is 13.1 Å². The number of amides is 1. The van der Waals surface area contributed by atoms with Gasteiger partial charge in [0.15, 0.2) is 0 Å². The summed E-state index contributed by atoms with van der Waals surface area (Å²) in [4.78, 5) is 31.5. The van der Waals surface area contributed by atoms with Crippen molar-refractivity contribution >= 4 is 5.91 Å². The van der Waals surface area contributed by atoms with E-state index in [1.807, 2.05) is 18.2 Å². The van der Waals surface area contributed by atoms with Crippen LogP contribution >= 0.6 is 0 Å². The van der Waals surface area contributed by atoms with Crippen LogP contribution in [0.4, 0.5) is 0 Å². The first-order valence-corrected chi connectivity index (χ1v) is 8.69. The Labute approximate surface area is 146 Å². The van der Waals surface area contributed by atoms with E-state index in [0.717, 1.165) is 31.9 Å². The Morgan fingerprint density at radius 2 is 2.00 bits per heavy atom. The van der Waals surface area contributed by atoms with Crippen LogP contribution < -0.4 is 5.56 Å². The summed E-state index contributed by atoms with van der Waals surface area (Å²) >= 11 is 0. The normalized spacial score (nSPS) is 16.6. The monoisotopic (exact) mass is 341 g/mol. The maximum atomic E-state index is 12.4. The quantitative estimate of drug-likeness (QED) is 0.865. The fraction of sp³-hybridized carbons (Fsp3) is 0.421. The minimum absolute atomic E-state index is 0.173. The van der Waals surface area contributed by atoms with Crippen molar-refractivity contribution < 1.29 is 9.90 Å². The van der Waals surface area contributed by atoms with Gasteiger partial charge in [0.1, 0.15) is 5.69 Å². The van der Waals surface area contributed by atoms with Gasteiger partial charge in [-0.15, -0.1) is 0 Å². The Morgan fingerprint density at radius 1 is 1.28 bits per heavy atom. The highest BCUT2D eigenvalue weighted by atomic mass is 16.3. The lowest BCUT2D eigenvalue weighted by atomic mass is 9.88. The summed E-state index contributed by atoms with van der Waals surface area (Å²) in [5.41, 5.74) is 1.16. The Bertz CT molecular complexity index is 732. The highest BCUT2D eigenvalue weighted by Crippen LogP contribution is 2.24.